The van der Waals surface area contributed by atoms with Gasteiger partial charge >= 0.3 is 6.18 Å². The van der Waals surface area contributed by atoms with Gasteiger partial charge in [0.25, 0.3) is 0 Å². The summed E-state index contributed by atoms with van der Waals surface area (Å²) >= 11 is 11.8. The van der Waals surface area contributed by atoms with E-state index < -0.39 is 11.7 Å². The van der Waals surface area contributed by atoms with Crippen molar-refractivity contribution in [1.82, 2.24) is 0 Å². The number of rotatable bonds is 0. The van der Waals surface area contributed by atoms with Gasteiger partial charge in [-0.15, -0.1) is 0 Å². The molecule has 0 radical (unpaired) electrons. The first-order valence-corrected chi connectivity index (χ1v) is 5.86. The van der Waals surface area contributed by atoms with Crippen molar-refractivity contribution < 1.29 is 13.2 Å². The fourth-order valence-electron chi connectivity index (χ4n) is 2.24. The molecule has 1 aliphatic carbocycles. The molecule has 0 bridgehead atoms. The van der Waals surface area contributed by atoms with Crippen LogP contribution < -0.4 is 0 Å². The van der Waals surface area contributed by atoms with E-state index in [-0.39, 0.29) is 15.6 Å². The smallest absolute Gasteiger partial charge is 0.166 e. The van der Waals surface area contributed by atoms with Crippen molar-refractivity contribution in [3.63, 3.8) is 0 Å². The molecular weight excluding hydrogens is 284 g/mol. The van der Waals surface area contributed by atoms with E-state index in [1.54, 1.807) is 24.3 Å². The van der Waals surface area contributed by atoms with Gasteiger partial charge in [0.1, 0.15) is 0 Å². The fourth-order valence-corrected chi connectivity index (χ4v) is 2.69. The quantitative estimate of drug-likeness (QED) is 0.501. The summed E-state index contributed by atoms with van der Waals surface area (Å²) in [5, 5.41) is 0.107. The largest absolute Gasteiger partial charge is 0.417 e. The number of hydrogen-bond acceptors (Lipinski definition) is 0. The van der Waals surface area contributed by atoms with Crippen LogP contribution in [0.3, 0.4) is 0 Å². The molecule has 0 N–H and O–H groups in total. The highest BCUT2D eigenvalue weighted by Crippen LogP contribution is 2.56. The van der Waals surface area contributed by atoms with E-state index in [0.29, 0.717) is 16.7 Å². The molecule has 0 aromatic heterocycles. The molecule has 18 heavy (non-hydrogen) atoms. The van der Waals surface area contributed by atoms with E-state index in [0.717, 1.165) is 6.07 Å². The van der Waals surface area contributed by atoms with Gasteiger partial charge < -0.3 is 0 Å². The summed E-state index contributed by atoms with van der Waals surface area (Å²) < 4.78 is 38.9. The molecule has 92 valence electrons. The Balaban J connectivity index is 2.36. The van der Waals surface area contributed by atoms with Crippen LogP contribution in [0.1, 0.15) is 5.56 Å². The van der Waals surface area contributed by atoms with Crippen molar-refractivity contribution in [2.75, 3.05) is 0 Å². The predicted molar refractivity (Wildman–Crippen MR) is 65.9 cm³/mol. The SMILES string of the molecule is FC(F)(F)c1cc(Cl)c(Cl)c2c1-c1ccccc1-2. The van der Waals surface area contributed by atoms with Gasteiger partial charge in [0, 0.05) is 11.1 Å². The Morgan fingerprint density at radius 2 is 1.44 bits per heavy atom. The predicted octanol–water partition coefficient (Wildman–Crippen LogP) is 5.66. The zero-order valence-electron chi connectivity index (χ0n) is 8.78. The van der Waals surface area contributed by atoms with Gasteiger partial charge in [0.2, 0.25) is 0 Å². The third kappa shape index (κ3) is 1.47. The first-order valence-electron chi connectivity index (χ1n) is 5.10. The zero-order valence-corrected chi connectivity index (χ0v) is 10.3. The maximum atomic E-state index is 13.0. The van der Waals surface area contributed by atoms with Gasteiger partial charge in [-0.2, -0.15) is 13.2 Å². The molecule has 0 heterocycles. The first-order chi connectivity index (χ1) is 8.41. The lowest BCUT2D eigenvalue weighted by Gasteiger charge is -2.29. The average molecular weight is 289 g/mol. The molecule has 0 saturated heterocycles. The molecule has 0 amide bonds. The molecule has 3 rings (SSSR count). The van der Waals surface area contributed by atoms with E-state index in [4.69, 9.17) is 23.2 Å². The second kappa shape index (κ2) is 3.65. The topological polar surface area (TPSA) is 0 Å². The standard InChI is InChI=1S/C13H5Cl2F3/c14-9-5-8(13(16,17)18)10-6-3-1-2-4-7(6)11(10)12(9)15/h1-5H. The van der Waals surface area contributed by atoms with E-state index in [9.17, 15) is 13.2 Å². The first kappa shape index (κ1) is 11.9. The lowest BCUT2D eigenvalue weighted by molar-refractivity contribution is -0.137. The zero-order chi connectivity index (χ0) is 13.1. The normalized spacial score (nSPS) is 12.7. The van der Waals surface area contributed by atoms with E-state index in [2.05, 4.69) is 0 Å². The van der Waals surface area contributed by atoms with E-state index in [1.165, 1.54) is 0 Å². The van der Waals surface area contributed by atoms with Crippen LogP contribution in [-0.2, 0) is 6.18 Å². The second-order valence-corrected chi connectivity index (χ2v) is 4.80. The molecule has 0 aliphatic heterocycles. The summed E-state index contributed by atoms with van der Waals surface area (Å²) in [4.78, 5) is 0. The van der Waals surface area contributed by atoms with Crippen LogP contribution >= 0.6 is 23.2 Å². The Hall–Kier alpha value is -1.19. The van der Waals surface area contributed by atoms with Crippen LogP contribution in [0.25, 0.3) is 22.3 Å². The van der Waals surface area contributed by atoms with Gasteiger partial charge in [-0.25, -0.2) is 0 Å². The molecule has 2 aromatic rings. The maximum Gasteiger partial charge on any atom is 0.417 e. The third-order valence-corrected chi connectivity index (χ3v) is 3.78. The van der Waals surface area contributed by atoms with Crippen molar-refractivity contribution >= 4 is 23.2 Å². The van der Waals surface area contributed by atoms with Gasteiger partial charge in [-0.1, -0.05) is 47.5 Å². The summed E-state index contributed by atoms with van der Waals surface area (Å²) in [6, 6.07) is 7.73. The molecule has 0 saturated carbocycles. The third-order valence-electron chi connectivity index (χ3n) is 2.99. The average Bonchev–Trinajstić information content (AvgIpc) is 2.27. The van der Waals surface area contributed by atoms with Gasteiger partial charge in [0.15, 0.2) is 0 Å². The lowest BCUT2D eigenvalue weighted by atomic mass is 9.78. The minimum atomic E-state index is -4.44. The molecule has 0 nitrogen and oxygen atoms in total. The lowest BCUT2D eigenvalue weighted by Crippen LogP contribution is -2.13. The monoisotopic (exact) mass is 288 g/mol. The number of hydrogen-bond donors (Lipinski definition) is 0. The Kier molecular flexibility index (Phi) is 2.41. The Labute approximate surface area is 111 Å². The molecule has 0 fully saturated rings. The summed E-state index contributed by atoms with van der Waals surface area (Å²) in [5.41, 5.74) is 1.09. The van der Waals surface area contributed by atoms with Crippen LogP contribution in [0.5, 0.6) is 0 Å². The van der Waals surface area contributed by atoms with E-state index in [1.807, 2.05) is 0 Å². The Bertz CT molecular complexity index is 660. The highest BCUT2D eigenvalue weighted by Gasteiger charge is 2.40. The maximum absolute atomic E-state index is 13.0. The molecule has 5 heteroatoms. The van der Waals surface area contributed by atoms with Crippen LogP contribution in [0.4, 0.5) is 13.2 Å². The second-order valence-electron chi connectivity index (χ2n) is 4.01. The highest BCUT2D eigenvalue weighted by atomic mass is 35.5. The van der Waals surface area contributed by atoms with Gasteiger partial charge in [0.05, 0.1) is 15.6 Å². The van der Waals surface area contributed by atoms with Crippen LogP contribution in [-0.4, -0.2) is 0 Å². The number of fused-ring (bicyclic) bond motifs is 4. The summed E-state index contributed by atoms with van der Waals surface area (Å²) in [7, 11) is 0. The highest BCUT2D eigenvalue weighted by molar-refractivity contribution is 6.45. The van der Waals surface area contributed by atoms with Crippen LogP contribution in [0.2, 0.25) is 10.0 Å². The molecule has 1 aliphatic rings. The molecule has 0 unspecified atom stereocenters. The van der Waals surface area contributed by atoms with Crippen molar-refractivity contribution in [3.8, 4) is 22.3 Å². The van der Waals surface area contributed by atoms with Crippen LogP contribution in [0.15, 0.2) is 30.3 Å². The minimum absolute atomic E-state index is 0.0720. The Morgan fingerprint density at radius 1 is 0.889 bits per heavy atom. The van der Waals surface area contributed by atoms with Crippen molar-refractivity contribution in [2.45, 2.75) is 6.18 Å². The van der Waals surface area contributed by atoms with Gasteiger partial charge in [-0.05, 0) is 17.2 Å². The number of benzene rings is 2. The molecule has 0 spiro atoms. The van der Waals surface area contributed by atoms with Crippen molar-refractivity contribution in [1.29, 1.82) is 0 Å². The summed E-state index contributed by atoms with van der Waals surface area (Å²) in [6.45, 7) is 0. The molecule has 0 atom stereocenters. The Morgan fingerprint density at radius 3 is 2.00 bits per heavy atom. The number of halogens is 5. The number of alkyl halides is 3. The summed E-state index contributed by atoms with van der Waals surface area (Å²) in [5.74, 6) is 0. The minimum Gasteiger partial charge on any atom is -0.166 e. The summed E-state index contributed by atoms with van der Waals surface area (Å²) in [6.07, 6.45) is -4.44. The fraction of sp³-hybridized carbons (Fsp3) is 0.0769. The molecular formula is C13H5Cl2F3. The van der Waals surface area contributed by atoms with Crippen molar-refractivity contribution in [2.24, 2.45) is 0 Å². The van der Waals surface area contributed by atoms with E-state index >= 15 is 0 Å². The molecule has 2 aromatic carbocycles. The van der Waals surface area contributed by atoms with Gasteiger partial charge in [-0.3, -0.25) is 0 Å². The van der Waals surface area contributed by atoms with Crippen molar-refractivity contribution in [3.05, 3.63) is 45.9 Å². The van der Waals surface area contributed by atoms with Crippen LogP contribution in [0, 0.1) is 0 Å².